The Labute approximate surface area is 172 Å². The molecule has 0 aliphatic heterocycles. The number of nitrogens with zero attached hydrogens (tertiary/aromatic N) is 2. The van der Waals surface area contributed by atoms with Crippen LogP contribution in [0.3, 0.4) is 0 Å². The van der Waals surface area contributed by atoms with Crippen LogP contribution in [0, 0.1) is 0 Å². The summed E-state index contributed by atoms with van der Waals surface area (Å²) >= 11 is 7.44. The first-order valence-corrected chi connectivity index (χ1v) is 10.3. The molecular weight excluding hydrogens is 390 g/mol. The lowest BCUT2D eigenvalue weighted by molar-refractivity contribution is 0.103. The summed E-state index contributed by atoms with van der Waals surface area (Å²) < 4.78 is 1.82. The molecule has 0 atom stereocenters. The summed E-state index contributed by atoms with van der Waals surface area (Å²) in [6.07, 6.45) is 0. The Morgan fingerprint density at radius 1 is 1.11 bits per heavy atom. The highest BCUT2D eigenvalue weighted by Gasteiger charge is 2.18. The van der Waals surface area contributed by atoms with Gasteiger partial charge in [-0.05, 0) is 41.8 Å². The van der Waals surface area contributed by atoms with E-state index in [1.54, 1.807) is 0 Å². The van der Waals surface area contributed by atoms with Gasteiger partial charge in [0.1, 0.15) is 10.5 Å². The molecule has 1 N–H and O–H groups in total. The standard InChI is InChI=1S/C22H20ClN3OS/c1-13(2)14-6-10-17(11-7-14)24-21(27)19-12-18-20(25-26(3)22(18)28-19)15-4-8-16(23)9-5-15/h4-13H,1-3H3,(H,24,27). The van der Waals surface area contributed by atoms with Crippen LogP contribution in [0.4, 0.5) is 5.69 Å². The van der Waals surface area contributed by atoms with E-state index in [-0.39, 0.29) is 5.91 Å². The monoisotopic (exact) mass is 409 g/mol. The first-order valence-electron chi connectivity index (χ1n) is 9.06. The molecule has 4 aromatic rings. The Morgan fingerprint density at radius 2 is 1.79 bits per heavy atom. The number of aryl methyl sites for hydroxylation is 1. The number of hydrogen-bond donors (Lipinski definition) is 1. The van der Waals surface area contributed by atoms with Crippen molar-refractivity contribution in [1.82, 2.24) is 9.78 Å². The summed E-state index contributed by atoms with van der Waals surface area (Å²) in [7, 11) is 1.89. The Hall–Kier alpha value is -2.63. The zero-order valence-corrected chi connectivity index (χ0v) is 17.4. The van der Waals surface area contributed by atoms with E-state index >= 15 is 0 Å². The van der Waals surface area contributed by atoms with Gasteiger partial charge in [-0.25, -0.2) is 0 Å². The first kappa shape index (κ1) is 18.7. The molecule has 0 radical (unpaired) electrons. The van der Waals surface area contributed by atoms with E-state index in [0.29, 0.717) is 15.8 Å². The number of benzene rings is 2. The molecule has 1 amide bonds. The number of amides is 1. The average molecular weight is 410 g/mol. The maximum atomic E-state index is 12.8. The molecule has 0 fully saturated rings. The molecule has 0 bridgehead atoms. The Bertz CT molecular complexity index is 1140. The van der Waals surface area contributed by atoms with E-state index in [1.807, 2.05) is 66.3 Å². The molecular formula is C22H20ClN3OS. The van der Waals surface area contributed by atoms with Gasteiger partial charge in [0.2, 0.25) is 0 Å². The first-order chi connectivity index (χ1) is 13.4. The molecule has 4 rings (SSSR count). The van der Waals surface area contributed by atoms with Crippen LogP contribution in [0.25, 0.3) is 21.5 Å². The van der Waals surface area contributed by atoms with Crippen molar-refractivity contribution in [3.8, 4) is 11.3 Å². The minimum atomic E-state index is -0.111. The summed E-state index contributed by atoms with van der Waals surface area (Å²) in [4.78, 5) is 14.4. The van der Waals surface area contributed by atoms with Crippen LogP contribution < -0.4 is 5.32 Å². The molecule has 28 heavy (non-hydrogen) atoms. The van der Waals surface area contributed by atoms with Gasteiger partial charge in [0, 0.05) is 28.7 Å². The van der Waals surface area contributed by atoms with Crippen LogP contribution in [0.15, 0.2) is 54.6 Å². The van der Waals surface area contributed by atoms with E-state index in [1.165, 1.54) is 16.9 Å². The molecule has 0 saturated carbocycles. The van der Waals surface area contributed by atoms with Crippen molar-refractivity contribution in [3.05, 3.63) is 70.1 Å². The summed E-state index contributed by atoms with van der Waals surface area (Å²) in [5, 5.41) is 9.25. The van der Waals surface area contributed by atoms with Gasteiger partial charge in [-0.15, -0.1) is 11.3 Å². The lowest BCUT2D eigenvalue weighted by atomic mass is 10.0. The molecule has 0 aliphatic carbocycles. The molecule has 2 heterocycles. The lowest BCUT2D eigenvalue weighted by Gasteiger charge is -2.07. The second-order valence-electron chi connectivity index (χ2n) is 7.04. The zero-order valence-electron chi connectivity index (χ0n) is 15.9. The van der Waals surface area contributed by atoms with E-state index in [0.717, 1.165) is 27.2 Å². The molecule has 0 saturated heterocycles. The van der Waals surface area contributed by atoms with E-state index in [2.05, 4.69) is 24.3 Å². The Morgan fingerprint density at radius 3 is 2.43 bits per heavy atom. The van der Waals surface area contributed by atoms with E-state index in [4.69, 9.17) is 11.6 Å². The average Bonchev–Trinajstić information content (AvgIpc) is 3.24. The van der Waals surface area contributed by atoms with Gasteiger partial charge in [0.05, 0.1) is 4.88 Å². The molecule has 0 spiro atoms. The van der Waals surface area contributed by atoms with Crippen LogP contribution in [0.2, 0.25) is 5.02 Å². The Kier molecular flexibility index (Phi) is 4.96. The molecule has 2 aromatic heterocycles. The number of anilines is 1. The van der Waals surface area contributed by atoms with Crippen molar-refractivity contribution in [2.75, 3.05) is 5.32 Å². The summed E-state index contributed by atoms with van der Waals surface area (Å²) in [5.41, 5.74) is 3.87. The SMILES string of the molecule is CC(C)c1ccc(NC(=O)c2cc3c(-c4ccc(Cl)cc4)nn(C)c3s2)cc1. The Balaban J connectivity index is 1.63. The number of halogens is 1. The van der Waals surface area contributed by atoms with Crippen LogP contribution >= 0.6 is 22.9 Å². The molecule has 6 heteroatoms. The van der Waals surface area contributed by atoms with Gasteiger partial charge >= 0.3 is 0 Å². The number of aromatic nitrogens is 2. The minimum absolute atomic E-state index is 0.111. The second kappa shape index (κ2) is 7.41. The largest absolute Gasteiger partial charge is 0.321 e. The number of carbonyl (C=O) groups excluding carboxylic acids is 1. The molecule has 4 nitrogen and oxygen atoms in total. The number of nitrogens with one attached hydrogen (secondary N) is 1. The number of fused-ring (bicyclic) bond motifs is 1. The summed E-state index contributed by atoms with van der Waals surface area (Å²) in [6, 6.07) is 17.5. The van der Waals surface area contributed by atoms with Crippen molar-refractivity contribution < 1.29 is 4.79 Å². The van der Waals surface area contributed by atoms with Gasteiger partial charge in [0.15, 0.2) is 0 Å². The van der Waals surface area contributed by atoms with Crippen LogP contribution in [0.1, 0.15) is 35.0 Å². The summed E-state index contributed by atoms with van der Waals surface area (Å²) in [5.74, 6) is 0.353. The second-order valence-corrected chi connectivity index (χ2v) is 8.51. The number of thiophene rings is 1. The third-order valence-corrected chi connectivity index (χ3v) is 6.14. The summed E-state index contributed by atoms with van der Waals surface area (Å²) in [6.45, 7) is 4.30. The third-order valence-electron chi connectivity index (χ3n) is 4.69. The quantitative estimate of drug-likeness (QED) is 0.428. The lowest BCUT2D eigenvalue weighted by Crippen LogP contribution is -2.10. The van der Waals surface area contributed by atoms with Crippen LogP contribution in [-0.4, -0.2) is 15.7 Å². The van der Waals surface area contributed by atoms with Crippen molar-refractivity contribution in [1.29, 1.82) is 0 Å². The van der Waals surface area contributed by atoms with E-state index < -0.39 is 0 Å². The predicted molar refractivity (Wildman–Crippen MR) is 118 cm³/mol. The van der Waals surface area contributed by atoms with Crippen molar-refractivity contribution in [3.63, 3.8) is 0 Å². The smallest absolute Gasteiger partial charge is 0.265 e. The molecule has 0 unspecified atom stereocenters. The van der Waals surface area contributed by atoms with Gasteiger partial charge in [-0.3, -0.25) is 9.48 Å². The molecule has 2 aromatic carbocycles. The fourth-order valence-corrected chi connectivity index (χ4v) is 4.21. The normalized spacial score (nSPS) is 11.3. The van der Waals surface area contributed by atoms with Crippen molar-refractivity contribution in [2.45, 2.75) is 19.8 Å². The molecule has 142 valence electrons. The number of hydrogen-bond acceptors (Lipinski definition) is 3. The zero-order chi connectivity index (χ0) is 19.8. The van der Waals surface area contributed by atoms with E-state index in [9.17, 15) is 4.79 Å². The van der Waals surface area contributed by atoms with Gasteiger partial charge in [0.25, 0.3) is 5.91 Å². The highest BCUT2D eigenvalue weighted by molar-refractivity contribution is 7.20. The molecule has 0 aliphatic rings. The van der Waals surface area contributed by atoms with Gasteiger partial charge in [-0.1, -0.05) is 49.7 Å². The van der Waals surface area contributed by atoms with Gasteiger partial charge in [-0.2, -0.15) is 5.10 Å². The van der Waals surface area contributed by atoms with Crippen LogP contribution in [-0.2, 0) is 7.05 Å². The van der Waals surface area contributed by atoms with Crippen molar-refractivity contribution >= 4 is 44.7 Å². The fourth-order valence-electron chi connectivity index (χ4n) is 3.12. The highest BCUT2D eigenvalue weighted by Crippen LogP contribution is 2.34. The topological polar surface area (TPSA) is 46.9 Å². The number of rotatable bonds is 4. The minimum Gasteiger partial charge on any atom is -0.321 e. The van der Waals surface area contributed by atoms with Crippen LogP contribution in [0.5, 0.6) is 0 Å². The predicted octanol–water partition coefficient (Wildman–Crippen LogP) is 6.33. The maximum absolute atomic E-state index is 12.8. The third kappa shape index (κ3) is 3.55. The fraction of sp³-hybridized carbons (Fsp3) is 0.182. The number of carbonyl (C=O) groups is 1. The maximum Gasteiger partial charge on any atom is 0.265 e. The highest BCUT2D eigenvalue weighted by atomic mass is 35.5. The van der Waals surface area contributed by atoms with Gasteiger partial charge < -0.3 is 5.32 Å². The van der Waals surface area contributed by atoms with Crippen molar-refractivity contribution in [2.24, 2.45) is 7.05 Å².